The molecule has 3 aromatic heterocycles. The van der Waals surface area contributed by atoms with Crippen LogP contribution >= 0.6 is 0 Å². The summed E-state index contributed by atoms with van der Waals surface area (Å²) in [4.78, 5) is 13.2. The predicted octanol–water partition coefficient (Wildman–Crippen LogP) is 1.74. The Morgan fingerprint density at radius 3 is 3.00 bits per heavy atom. The van der Waals surface area contributed by atoms with Gasteiger partial charge in [0.1, 0.15) is 5.52 Å². The normalized spacial score (nSPS) is 15.1. The van der Waals surface area contributed by atoms with Gasteiger partial charge in [-0.05, 0) is 25.7 Å². The number of imidazole rings is 1. The molecule has 5 nitrogen and oxygen atoms in total. The number of rotatable bonds is 0. The van der Waals surface area contributed by atoms with Gasteiger partial charge in [0.15, 0.2) is 11.5 Å². The summed E-state index contributed by atoms with van der Waals surface area (Å²) in [5.41, 5.74) is 11.3. The maximum Gasteiger partial charge on any atom is 0.156 e. The van der Waals surface area contributed by atoms with E-state index >= 15 is 0 Å². The van der Waals surface area contributed by atoms with Gasteiger partial charge in [-0.1, -0.05) is 0 Å². The van der Waals surface area contributed by atoms with Crippen molar-refractivity contribution in [2.24, 2.45) is 0 Å². The van der Waals surface area contributed by atoms with Crippen molar-refractivity contribution in [3.05, 3.63) is 29.8 Å². The predicted molar refractivity (Wildman–Crippen MR) is 69.3 cm³/mol. The first-order chi connectivity index (χ1) is 8.84. The van der Waals surface area contributed by atoms with Crippen molar-refractivity contribution in [2.75, 3.05) is 5.73 Å². The van der Waals surface area contributed by atoms with Crippen LogP contribution in [0.3, 0.4) is 0 Å². The number of nitrogens with two attached hydrogens (primary N) is 1. The Bertz CT molecular complexity index is 759. The first-order valence-electron chi connectivity index (χ1n) is 6.23. The second kappa shape index (κ2) is 3.41. The number of pyridine rings is 1. The molecule has 0 aromatic carbocycles. The van der Waals surface area contributed by atoms with E-state index in [0.29, 0.717) is 5.82 Å². The van der Waals surface area contributed by atoms with Crippen LogP contribution in [0, 0.1) is 0 Å². The Labute approximate surface area is 104 Å². The van der Waals surface area contributed by atoms with E-state index in [-0.39, 0.29) is 0 Å². The third-order valence-corrected chi connectivity index (χ3v) is 3.65. The lowest BCUT2D eigenvalue weighted by molar-refractivity contribution is 0.672. The summed E-state index contributed by atoms with van der Waals surface area (Å²) in [6.07, 6.45) is 9.98. The minimum Gasteiger partial charge on any atom is -0.382 e. The topological polar surface area (TPSA) is 69.1 Å². The van der Waals surface area contributed by atoms with Crippen LogP contribution in [0.15, 0.2) is 18.6 Å². The summed E-state index contributed by atoms with van der Waals surface area (Å²) in [5, 5.41) is 0. The number of fused-ring (bicyclic) bond motifs is 5. The maximum atomic E-state index is 6.04. The Balaban J connectivity index is 2.23. The van der Waals surface area contributed by atoms with Crippen LogP contribution in [0.2, 0.25) is 0 Å². The molecule has 1 aliphatic rings. The van der Waals surface area contributed by atoms with Crippen molar-refractivity contribution >= 4 is 22.5 Å². The van der Waals surface area contributed by atoms with Crippen molar-refractivity contribution in [3.8, 4) is 0 Å². The summed E-state index contributed by atoms with van der Waals surface area (Å²) >= 11 is 0. The molecule has 0 saturated carbocycles. The van der Waals surface area contributed by atoms with Crippen LogP contribution in [0.1, 0.15) is 24.1 Å². The second-order valence-electron chi connectivity index (χ2n) is 4.74. The highest BCUT2D eigenvalue weighted by atomic mass is 15.0. The third-order valence-electron chi connectivity index (χ3n) is 3.65. The van der Waals surface area contributed by atoms with E-state index in [0.717, 1.165) is 35.2 Å². The quantitative estimate of drug-likeness (QED) is 0.648. The molecular weight excluding hydrogens is 226 g/mol. The molecule has 3 heterocycles. The van der Waals surface area contributed by atoms with Gasteiger partial charge in [-0.3, -0.25) is 9.38 Å². The highest BCUT2D eigenvalue weighted by molar-refractivity contribution is 5.91. The zero-order chi connectivity index (χ0) is 12.1. The van der Waals surface area contributed by atoms with Gasteiger partial charge in [-0.25, -0.2) is 9.97 Å². The number of hydrogen-bond donors (Lipinski definition) is 1. The van der Waals surface area contributed by atoms with E-state index in [1.165, 1.54) is 18.4 Å². The first kappa shape index (κ1) is 9.82. The smallest absolute Gasteiger partial charge is 0.156 e. The monoisotopic (exact) mass is 239 g/mol. The highest BCUT2D eigenvalue weighted by Crippen LogP contribution is 2.30. The molecule has 18 heavy (non-hydrogen) atoms. The van der Waals surface area contributed by atoms with Crippen molar-refractivity contribution < 1.29 is 0 Å². The van der Waals surface area contributed by atoms with Gasteiger partial charge >= 0.3 is 0 Å². The summed E-state index contributed by atoms with van der Waals surface area (Å²) in [5.74, 6) is 0.536. The lowest BCUT2D eigenvalue weighted by Gasteiger charge is -2.16. The number of anilines is 1. The maximum absolute atomic E-state index is 6.04. The van der Waals surface area contributed by atoms with E-state index in [1.54, 1.807) is 12.4 Å². The molecule has 2 N–H and O–H groups in total. The molecule has 0 amide bonds. The highest BCUT2D eigenvalue weighted by Gasteiger charge is 2.19. The molecule has 0 radical (unpaired) electrons. The number of aryl methyl sites for hydroxylation is 2. The number of aromatic nitrogens is 4. The minimum atomic E-state index is 0.536. The molecule has 0 bridgehead atoms. The molecule has 3 aromatic rings. The fourth-order valence-electron chi connectivity index (χ4n) is 2.84. The average Bonchev–Trinajstić information content (AvgIpc) is 2.79. The van der Waals surface area contributed by atoms with Gasteiger partial charge in [0.25, 0.3) is 0 Å². The fourth-order valence-corrected chi connectivity index (χ4v) is 2.84. The Kier molecular flexibility index (Phi) is 1.86. The van der Waals surface area contributed by atoms with Crippen LogP contribution in [-0.2, 0) is 12.8 Å². The summed E-state index contributed by atoms with van der Waals surface area (Å²) in [6, 6.07) is 0. The van der Waals surface area contributed by atoms with Crippen molar-refractivity contribution in [1.29, 1.82) is 0 Å². The Morgan fingerprint density at radius 1 is 1.17 bits per heavy atom. The number of nitrogens with zero attached hydrogens (tertiary/aromatic N) is 4. The summed E-state index contributed by atoms with van der Waals surface area (Å²) in [7, 11) is 0. The molecule has 0 saturated heterocycles. The summed E-state index contributed by atoms with van der Waals surface area (Å²) in [6.45, 7) is 0. The van der Waals surface area contributed by atoms with Gasteiger partial charge in [-0.15, -0.1) is 0 Å². The zero-order valence-electron chi connectivity index (χ0n) is 9.93. The Morgan fingerprint density at radius 2 is 2.06 bits per heavy atom. The van der Waals surface area contributed by atoms with Gasteiger partial charge in [0, 0.05) is 23.7 Å². The van der Waals surface area contributed by atoms with Gasteiger partial charge in [-0.2, -0.15) is 0 Å². The molecule has 0 fully saturated rings. The Hall–Kier alpha value is -2.17. The van der Waals surface area contributed by atoms with Crippen LogP contribution in [-0.4, -0.2) is 19.4 Å². The first-order valence-corrected chi connectivity index (χ1v) is 6.23. The number of hydrogen-bond acceptors (Lipinski definition) is 4. The minimum absolute atomic E-state index is 0.536. The standard InChI is InChI=1S/C13H13N5/c14-13-11-12(8-3-1-2-4-9(8)16-13)18-6-5-15-7-10(18)17-11/h5-7H,1-4H2,(H2,14,16). The van der Waals surface area contributed by atoms with E-state index in [9.17, 15) is 0 Å². The van der Waals surface area contributed by atoms with Crippen LogP contribution in [0.5, 0.6) is 0 Å². The average molecular weight is 239 g/mol. The van der Waals surface area contributed by atoms with Gasteiger partial charge in [0.05, 0.1) is 11.7 Å². The molecular formula is C13H13N5. The molecule has 0 aliphatic heterocycles. The van der Waals surface area contributed by atoms with Gasteiger partial charge in [0.2, 0.25) is 0 Å². The van der Waals surface area contributed by atoms with Crippen molar-refractivity contribution in [1.82, 2.24) is 19.4 Å². The molecule has 5 heteroatoms. The zero-order valence-corrected chi connectivity index (χ0v) is 9.93. The molecule has 1 aliphatic carbocycles. The largest absolute Gasteiger partial charge is 0.382 e. The van der Waals surface area contributed by atoms with E-state index in [1.807, 2.05) is 6.20 Å². The third kappa shape index (κ3) is 1.19. The van der Waals surface area contributed by atoms with E-state index in [4.69, 9.17) is 5.73 Å². The van der Waals surface area contributed by atoms with Crippen LogP contribution < -0.4 is 5.73 Å². The van der Waals surface area contributed by atoms with Crippen LogP contribution in [0.4, 0.5) is 5.82 Å². The molecule has 0 spiro atoms. The molecule has 90 valence electrons. The number of nitrogen functional groups attached to an aromatic ring is 1. The van der Waals surface area contributed by atoms with E-state index in [2.05, 4.69) is 19.4 Å². The second-order valence-corrected chi connectivity index (χ2v) is 4.74. The molecule has 0 unspecified atom stereocenters. The van der Waals surface area contributed by atoms with Crippen molar-refractivity contribution in [3.63, 3.8) is 0 Å². The SMILES string of the molecule is Nc1nc2c(c3c1nc1cnccn13)CCCC2. The lowest BCUT2D eigenvalue weighted by atomic mass is 9.95. The van der Waals surface area contributed by atoms with Crippen LogP contribution in [0.25, 0.3) is 16.7 Å². The van der Waals surface area contributed by atoms with Gasteiger partial charge < -0.3 is 5.73 Å². The molecule has 4 rings (SSSR count). The fraction of sp³-hybridized carbons (Fsp3) is 0.308. The summed E-state index contributed by atoms with van der Waals surface area (Å²) < 4.78 is 2.07. The van der Waals surface area contributed by atoms with Crippen molar-refractivity contribution in [2.45, 2.75) is 25.7 Å². The molecule has 0 atom stereocenters. The van der Waals surface area contributed by atoms with E-state index < -0.39 is 0 Å². The lowest BCUT2D eigenvalue weighted by Crippen LogP contribution is -2.09.